The Kier molecular flexibility index (Phi) is 4.86. The summed E-state index contributed by atoms with van der Waals surface area (Å²) in [5.41, 5.74) is 1.45. The smallest absolute Gasteiger partial charge is 0.269 e. The molecule has 0 spiro atoms. The molecular weight excluding hydrogens is 367 g/mol. The molecule has 2 rings (SSSR count). The molecule has 1 N–H and O–H groups in total. The molecule has 0 aliphatic rings. The number of halogens is 3. The van der Waals surface area contributed by atoms with Gasteiger partial charge in [-0.3, -0.25) is 10.1 Å². The number of nitrogens with one attached hydrogen (secondary N) is 1. The van der Waals surface area contributed by atoms with Crippen molar-refractivity contribution in [1.82, 2.24) is 0 Å². The van der Waals surface area contributed by atoms with Crippen molar-refractivity contribution in [1.29, 1.82) is 0 Å². The Balaban J connectivity index is 2.20. The van der Waals surface area contributed by atoms with Crippen molar-refractivity contribution in [2.45, 2.75) is 6.54 Å². The summed E-state index contributed by atoms with van der Waals surface area (Å²) >= 11 is 15.4. The Labute approximate surface area is 134 Å². The summed E-state index contributed by atoms with van der Waals surface area (Å²) in [6, 6.07) is 9.69. The van der Waals surface area contributed by atoms with Gasteiger partial charge in [-0.05, 0) is 45.8 Å². The van der Waals surface area contributed by atoms with Gasteiger partial charge in [0, 0.05) is 33.2 Å². The quantitative estimate of drug-likeness (QED) is 0.584. The van der Waals surface area contributed by atoms with Crippen molar-refractivity contribution in [2.75, 3.05) is 5.32 Å². The first kappa shape index (κ1) is 15.1. The summed E-state index contributed by atoms with van der Waals surface area (Å²) in [7, 11) is 0. The van der Waals surface area contributed by atoms with E-state index in [2.05, 4.69) is 21.2 Å². The third kappa shape index (κ3) is 3.62. The fourth-order valence-corrected chi connectivity index (χ4v) is 2.38. The summed E-state index contributed by atoms with van der Waals surface area (Å²) in [5.74, 6) is 0. The molecule has 2 aromatic rings. The van der Waals surface area contributed by atoms with Crippen LogP contribution in [0.2, 0.25) is 10.0 Å². The average molecular weight is 376 g/mol. The van der Waals surface area contributed by atoms with Crippen molar-refractivity contribution >= 4 is 50.5 Å². The first-order valence-corrected chi connectivity index (χ1v) is 7.14. The van der Waals surface area contributed by atoms with Crippen LogP contribution >= 0.6 is 39.1 Å². The largest absolute Gasteiger partial charge is 0.380 e. The molecule has 0 saturated heterocycles. The van der Waals surface area contributed by atoms with E-state index >= 15 is 0 Å². The van der Waals surface area contributed by atoms with Gasteiger partial charge < -0.3 is 5.32 Å². The molecule has 0 radical (unpaired) electrons. The van der Waals surface area contributed by atoms with E-state index in [1.165, 1.54) is 18.2 Å². The molecule has 0 saturated carbocycles. The van der Waals surface area contributed by atoms with Gasteiger partial charge in [-0.15, -0.1) is 0 Å². The minimum absolute atomic E-state index is 0.0105. The van der Waals surface area contributed by atoms with Gasteiger partial charge in [0.05, 0.1) is 10.6 Å². The van der Waals surface area contributed by atoms with Gasteiger partial charge in [0.15, 0.2) is 0 Å². The molecule has 2 aromatic carbocycles. The Bertz CT molecular complexity index is 665. The predicted octanol–water partition coefficient (Wildman–Crippen LogP) is 5.28. The van der Waals surface area contributed by atoms with E-state index < -0.39 is 4.92 Å². The van der Waals surface area contributed by atoms with Gasteiger partial charge in [0.2, 0.25) is 0 Å². The normalized spacial score (nSPS) is 10.3. The second kappa shape index (κ2) is 6.43. The highest BCUT2D eigenvalue weighted by Gasteiger charge is 2.10. The molecule has 104 valence electrons. The van der Waals surface area contributed by atoms with Crippen molar-refractivity contribution in [3.8, 4) is 0 Å². The summed E-state index contributed by atoms with van der Waals surface area (Å²) in [5, 5.41) is 15.0. The van der Waals surface area contributed by atoms with E-state index in [1.807, 2.05) is 6.07 Å². The highest BCUT2D eigenvalue weighted by atomic mass is 79.9. The lowest BCUT2D eigenvalue weighted by atomic mass is 10.2. The lowest BCUT2D eigenvalue weighted by molar-refractivity contribution is -0.384. The topological polar surface area (TPSA) is 55.2 Å². The first-order chi connectivity index (χ1) is 9.47. The molecule has 0 fully saturated rings. The molecule has 0 bridgehead atoms. The van der Waals surface area contributed by atoms with Crippen molar-refractivity contribution < 1.29 is 4.92 Å². The van der Waals surface area contributed by atoms with E-state index in [0.717, 1.165) is 10.2 Å². The zero-order valence-electron chi connectivity index (χ0n) is 10.1. The van der Waals surface area contributed by atoms with Crippen LogP contribution in [0.25, 0.3) is 0 Å². The molecule has 0 heterocycles. The number of hydrogen-bond donors (Lipinski definition) is 1. The lowest BCUT2D eigenvalue weighted by Gasteiger charge is -2.10. The molecule has 0 aliphatic heterocycles. The van der Waals surface area contributed by atoms with Gasteiger partial charge in [0.25, 0.3) is 5.69 Å². The van der Waals surface area contributed by atoms with Crippen LogP contribution < -0.4 is 5.32 Å². The highest BCUT2D eigenvalue weighted by Crippen LogP contribution is 2.28. The van der Waals surface area contributed by atoms with Crippen molar-refractivity contribution in [3.05, 3.63) is 66.6 Å². The molecule has 4 nitrogen and oxygen atoms in total. The van der Waals surface area contributed by atoms with Crippen LogP contribution in [0.4, 0.5) is 11.4 Å². The molecule has 0 aliphatic carbocycles. The maximum absolute atomic E-state index is 10.8. The number of nitrogens with zero attached hydrogens (tertiary/aromatic N) is 1. The van der Waals surface area contributed by atoms with Crippen LogP contribution in [0.1, 0.15) is 5.56 Å². The van der Waals surface area contributed by atoms with Crippen LogP contribution in [0, 0.1) is 10.1 Å². The molecule has 0 amide bonds. The summed E-state index contributed by atoms with van der Waals surface area (Å²) in [4.78, 5) is 10.3. The van der Waals surface area contributed by atoms with Gasteiger partial charge in [-0.25, -0.2) is 0 Å². The maximum atomic E-state index is 10.8. The summed E-state index contributed by atoms with van der Waals surface area (Å²) < 4.78 is 0.850. The fourth-order valence-electron chi connectivity index (χ4n) is 1.63. The Morgan fingerprint density at radius 2 is 1.95 bits per heavy atom. The van der Waals surface area contributed by atoms with Gasteiger partial charge in [0.1, 0.15) is 0 Å². The number of non-ortho nitro benzene ring substituents is 1. The number of anilines is 1. The van der Waals surface area contributed by atoms with E-state index in [-0.39, 0.29) is 5.69 Å². The Morgan fingerprint density at radius 3 is 2.65 bits per heavy atom. The monoisotopic (exact) mass is 374 g/mol. The number of benzene rings is 2. The van der Waals surface area contributed by atoms with E-state index in [9.17, 15) is 10.1 Å². The second-order valence-electron chi connectivity index (χ2n) is 4.01. The summed E-state index contributed by atoms with van der Waals surface area (Å²) in [6.07, 6.45) is 0. The first-order valence-electron chi connectivity index (χ1n) is 5.59. The van der Waals surface area contributed by atoms with Gasteiger partial charge in [-0.1, -0.05) is 23.2 Å². The molecule has 0 atom stereocenters. The molecule has 0 aromatic heterocycles. The van der Waals surface area contributed by atoms with Crippen molar-refractivity contribution in [3.63, 3.8) is 0 Å². The van der Waals surface area contributed by atoms with Crippen LogP contribution in [0.15, 0.2) is 40.9 Å². The average Bonchev–Trinajstić information content (AvgIpc) is 2.41. The van der Waals surface area contributed by atoms with Gasteiger partial charge >= 0.3 is 0 Å². The standard InChI is InChI=1S/C13H9BrCl2N2O2/c14-11-3-1-9(15)6-13(11)17-7-8-5-10(18(19)20)2-4-12(8)16/h1-6,17H,7H2. The summed E-state index contributed by atoms with van der Waals surface area (Å²) in [6.45, 7) is 0.361. The highest BCUT2D eigenvalue weighted by molar-refractivity contribution is 9.10. The number of nitro benzene ring substituents is 1. The molecule has 0 unspecified atom stereocenters. The van der Waals surface area contributed by atoms with E-state index in [0.29, 0.717) is 22.2 Å². The minimum Gasteiger partial charge on any atom is -0.380 e. The van der Waals surface area contributed by atoms with Crippen LogP contribution in [-0.4, -0.2) is 4.92 Å². The van der Waals surface area contributed by atoms with Crippen LogP contribution in [-0.2, 0) is 6.54 Å². The Morgan fingerprint density at radius 1 is 1.20 bits per heavy atom. The van der Waals surface area contributed by atoms with Gasteiger partial charge in [-0.2, -0.15) is 0 Å². The Hall–Kier alpha value is -1.30. The molecule has 7 heteroatoms. The van der Waals surface area contributed by atoms with Crippen LogP contribution in [0.3, 0.4) is 0 Å². The third-order valence-electron chi connectivity index (χ3n) is 2.64. The molecular formula is C13H9BrCl2N2O2. The predicted molar refractivity (Wildman–Crippen MR) is 84.6 cm³/mol. The third-order valence-corrected chi connectivity index (χ3v) is 3.93. The SMILES string of the molecule is O=[N+]([O-])c1ccc(Cl)c(CNc2cc(Cl)ccc2Br)c1. The number of nitro groups is 1. The van der Waals surface area contributed by atoms with E-state index in [1.54, 1.807) is 12.1 Å². The molecule has 20 heavy (non-hydrogen) atoms. The minimum atomic E-state index is -0.449. The van der Waals surface area contributed by atoms with E-state index in [4.69, 9.17) is 23.2 Å². The second-order valence-corrected chi connectivity index (χ2v) is 5.71. The zero-order chi connectivity index (χ0) is 14.7. The number of rotatable bonds is 4. The lowest BCUT2D eigenvalue weighted by Crippen LogP contribution is -2.01. The van der Waals surface area contributed by atoms with Crippen LogP contribution in [0.5, 0.6) is 0 Å². The van der Waals surface area contributed by atoms with Crippen molar-refractivity contribution in [2.24, 2.45) is 0 Å². The zero-order valence-corrected chi connectivity index (χ0v) is 13.2. The maximum Gasteiger partial charge on any atom is 0.269 e. The fraction of sp³-hybridized carbons (Fsp3) is 0.0769. The number of hydrogen-bond acceptors (Lipinski definition) is 3.